The van der Waals surface area contributed by atoms with Crippen molar-refractivity contribution in [3.05, 3.63) is 30.1 Å². The van der Waals surface area contributed by atoms with Crippen LogP contribution in [0.2, 0.25) is 0 Å². The third-order valence-corrected chi connectivity index (χ3v) is 3.47. The van der Waals surface area contributed by atoms with Gasteiger partial charge in [0.15, 0.2) is 0 Å². The summed E-state index contributed by atoms with van der Waals surface area (Å²) in [6.07, 6.45) is 14.7. The Morgan fingerprint density at radius 3 is 2.24 bits per heavy atom. The van der Waals surface area contributed by atoms with Crippen LogP contribution in [0.25, 0.3) is 0 Å². The van der Waals surface area contributed by atoms with Crippen molar-refractivity contribution in [3.8, 4) is 0 Å². The monoisotopic (exact) mass is 233 g/mol. The molecular weight excluding hydrogens is 206 g/mol. The molecule has 1 aromatic heterocycles. The molecule has 0 radical (unpaired) electrons. The second kappa shape index (κ2) is 9.21. The van der Waals surface area contributed by atoms with Crippen molar-refractivity contribution in [2.45, 2.75) is 71.1 Å². The van der Waals surface area contributed by atoms with E-state index in [9.17, 15) is 0 Å². The minimum Gasteiger partial charge on any atom is -0.265 e. The fraction of sp³-hybridized carbons (Fsp3) is 0.688. The first kappa shape index (κ1) is 14.2. The molecule has 1 nitrogen and oxygen atoms in total. The first-order valence-electron chi connectivity index (χ1n) is 7.28. The zero-order chi connectivity index (χ0) is 12.3. The van der Waals surface area contributed by atoms with Crippen molar-refractivity contribution in [1.29, 1.82) is 0 Å². The lowest BCUT2D eigenvalue weighted by Crippen LogP contribution is -1.99. The zero-order valence-electron chi connectivity index (χ0n) is 11.5. The van der Waals surface area contributed by atoms with Crippen LogP contribution in [0.5, 0.6) is 0 Å². The van der Waals surface area contributed by atoms with E-state index in [1.54, 1.807) is 0 Å². The molecule has 1 atom stereocenters. The summed E-state index contributed by atoms with van der Waals surface area (Å²) in [5, 5.41) is 0. The van der Waals surface area contributed by atoms with Gasteiger partial charge in [0.05, 0.1) is 0 Å². The zero-order valence-corrected chi connectivity index (χ0v) is 11.5. The van der Waals surface area contributed by atoms with E-state index in [4.69, 9.17) is 0 Å². The highest BCUT2D eigenvalue weighted by atomic mass is 14.6. The van der Waals surface area contributed by atoms with E-state index in [1.165, 1.54) is 56.9 Å². The number of rotatable bonds is 9. The fourth-order valence-corrected chi connectivity index (χ4v) is 2.46. The molecule has 0 fully saturated rings. The quantitative estimate of drug-likeness (QED) is 0.526. The van der Waals surface area contributed by atoms with Gasteiger partial charge >= 0.3 is 0 Å². The molecule has 0 N–H and O–H groups in total. The Morgan fingerprint density at radius 1 is 0.882 bits per heavy atom. The van der Waals surface area contributed by atoms with Gasteiger partial charge in [-0.1, -0.05) is 52.4 Å². The maximum Gasteiger partial charge on any atom is 0.0270 e. The first-order valence-corrected chi connectivity index (χ1v) is 7.28. The lowest BCUT2D eigenvalue weighted by Gasteiger charge is -2.16. The number of aromatic nitrogens is 1. The van der Waals surface area contributed by atoms with Gasteiger partial charge in [0, 0.05) is 12.4 Å². The van der Waals surface area contributed by atoms with E-state index in [0.29, 0.717) is 0 Å². The Labute approximate surface area is 107 Å². The topological polar surface area (TPSA) is 12.9 Å². The molecule has 0 bridgehead atoms. The standard InChI is InChI=1S/C16H27N/c1-3-5-6-7-8-10-15(9-4-2)16-11-13-17-14-12-16/h11-15H,3-10H2,1-2H3. The van der Waals surface area contributed by atoms with E-state index in [-0.39, 0.29) is 0 Å². The third-order valence-electron chi connectivity index (χ3n) is 3.47. The van der Waals surface area contributed by atoms with Gasteiger partial charge in [-0.15, -0.1) is 0 Å². The van der Waals surface area contributed by atoms with Gasteiger partial charge in [-0.05, 0) is 36.5 Å². The van der Waals surface area contributed by atoms with Crippen molar-refractivity contribution in [2.75, 3.05) is 0 Å². The summed E-state index contributed by atoms with van der Waals surface area (Å²) in [5.74, 6) is 0.754. The van der Waals surface area contributed by atoms with Crippen molar-refractivity contribution in [1.82, 2.24) is 4.98 Å². The normalized spacial score (nSPS) is 12.6. The minimum atomic E-state index is 0.754. The molecule has 0 aliphatic carbocycles. The van der Waals surface area contributed by atoms with Crippen molar-refractivity contribution in [3.63, 3.8) is 0 Å². The van der Waals surface area contributed by atoms with Crippen LogP contribution in [0.15, 0.2) is 24.5 Å². The number of hydrogen-bond acceptors (Lipinski definition) is 1. The van der Waals surface area contributed by atoms with Crippen LogP contribution in [0, 0.1) is 0 Å². The average Bonchev–Trinajstić information content (AvgIpc) is 2.38. The summed E-state index contributed by atoms with van der Waals surface area (Å²) >= 11 is 0. The highest BCUT2D eigenvalue weighted by Crippen LogP contribution is 2.26. The first-order chi connectivity index (χ1) is 8.38. The molecule has 1 heteroatoms. The lowest BCUT2D eigenvalue weighted by molar-refractivity contribution is 0.515. The van der Waals surface area contributed by atoms with Crippen LogP contribution >= 0.6 is 0 Å². The highest BCUT2D eigenvalue weighted by Gasteiger charge is 2.09. The van der Waals surface area contributed by atoms with Gasteiger partial charge < -0.3 is 0 Å². The van der Waals surface area contributed by atoms with Gasteiger partial charge in [-0.3, -0.25) is 4.98 Å². The van der Waals surface area contributed by atoms with Crippen molar-refractivity contribution >= 4 is 0 Å². The number of unbranched alkanes of at least 4 members (excludes halogenated alkanes) is 4. The van der Waals surface area contributed by atoms with Crippen LogP contribution in [0.1, 0.15) is 76.7 Å². The maximum absolute atomic E-state index is 4.11. The summed E-state index contributed by atoms with van der Waals surface area (Å²) in [6.45, 7) is 4.56. The summed E-state index contributed by atoms with van der Waals surface area (Å²) < 4.78 is 0. The summed E-state index contributed by atoms with van der Waals surface area (Å²) in [4.78, 5) is 4.11. The largest absolute Gasteiger partial charge is 0.265 e. The molecule has 1 aromatic rings. The van der Waals surface area contributed by atoms with Gasteiger partial charge in [-0.25, -0.2) is 0 Å². The molecule has 96 valence electrons. The van der Waals surface area contributed by atoms with Crippen LogP contribution < -0.4 is 0 Å². The lowest BCUT2D eigenvalue weighted by atomic mass is 9.90. The van der Waals surface area contributed by atoms with Gasteiger partial charge in [0.1, 0.15) is 0 Å². The van der Waals surface area contributed by atoms with Crippen LogP contribution in [0.4, 0.5) is 0 Å². The Hall–Kier alpha value is -0.850. The molecule has 0 amide bonds. The molecule has 0 aliphatic rings. The van der Waals surface area contributed by atoms with Crippen molar-refractivity contribution in [2.24, 2.45) is 0 Å². The summed E-state index contributed by atoms with van der Waals surface area (Å²) in [6, 6.07) is 4.37. The smallest absolute Gasteiger partial charge is 0.0270 e. The Morgan fingerprint density at radius 2 is 1.59 bits per heavy atom. The van der Waals surface area contributed by atoms with Crippen molar-refractivity contribution < 1.29 is 0 Å². The molecular formula is C16H27N. The van der Waals surface area contributed by atoms with E-state index < -0.39 is 0 Å². The van der Waals surface area contributed by atoms with Gasteiger partial charge in [0.2, 0.25) is 0 Å². The van der Waals surface area contributed by atoms with Crippen LogP contribution in [-0.2, 0) is 0 Å². The van der Waals surface area contributed by atoms with E-state index in [2.05, 4.69) is 31.0 Å². The molecule has 1 rings (SSSR count). The number of nitrogens with zero attached hydrogens (tertiary/aromatic N) is 1. The Bertz CT molecular complexity index is 268. The second-order valence-electron chi connectivity index (χ2n) is 4.97. The molecule has 0 spiro atoms. The van der Waals surface area contributed by atoms with E-state index in [0.717, 1.165) is 5.92 Å². The molecule has 0 aliphatic heterocycles. The fourth-order valence-electron chi connectivity index (χ4n) is 2.46. The summed E-state index contributed by atoms with van der Waals surface area (Å²) in [7, 11) is 0. The molecule has 1 unspecified atom stereocenters. The maximum atomic E-state index is 4.11. The third kappa shape index (κ3) is 5.86. The number of hydrogen-bond donors (Lipinski definition) is 0. The predicted octanol–water partition coefficient (Wildman–Crippen LogP) is 5.33. The Balaban J connectivity index is 2.33. The van der Waals surface area contributed by atoms with Gasteiger partial charge in [-0.2, -0.15) is 0 Å². The summed E-state index contributed by atoms with van der Waals surface area (Å²) in [5.41, 5.74) is 1.48. The predicted molar refractivity (Wildman–Crippen MR) is 75.3 cm³/mol. The van der Waals surface area contributed by atoms with E-state index >= 15 is 0 Å². The Kier molecular flexibility index (Phi) is 7.70. The molecule has 1 heterocycles. The number of pyridine rings is 1. The van der Waals surface area contributed by atoms with Crippen LogP contribution in [-0.4, -0.2) is 4.98 Å². The highest BCUT2D eigenvalue weighted by molar-refractivity contribution is 5.15. The molecule has 17 heavy (non-hydrogen) atoms. The second-order valence-corrected chi connectivity index (χ2v) is 4.97. The minimum absolute atomic E-state index is 0.754. The average molecular weight is 233 g/mol. The molecule has 0 aromatic carbocycles. The molecule has 0 saturated heterocycles. The SMILES string of the molecule is CCCCCCCC(CCC)c1ccncc1. The molecule has 0 saturated carbocycles. The van der Waals surface area contributed by atoms with Crippen LogP contribution in [0.3, 0.4) is 0 Å². The van der Waals surface area contributed by atoms with E-state index in [1.807, 2.05) is 12.4 Å². The van der Waals surface area contributed by atoms with Gasteiger partial charge in [0.25, 0.3) is 0 Å².